The van der Waals surface area contributed by atoms with Gasteiger partial charge in [0, 0.05) is 18.2 Å². The monoisotopic (exact) mass is 224 g/mol. The van der Waals surface area contributed by atoms with Crippen LogP contribution in [0.5, 0.6) is 0 Å². The van der Waals surface area contributed by atoms with E-state index in [0.717, 1.165) is 37.4 Å². The van der Waals surface area contributed by atoms with Crippen LogP contribution in [0.1, 0.15) is 23.5 Å². The highest BCUT2D eigenvalue weighted by Crippen LogP contribution is 2.20. The predicted octanol–water partition coefficient (Wildman–Crippen LogP) is 1.43. The summed E-state index contributed by atoms with van der Waals surface area (Å²) in [7, 11) is 0. The maximum Gasteiger partial charge on any atom is 0.125 e. The fourth-order valence-corrected chi connectivity index (χ4v) is 2.88. The molecule has 1 fully saturated rings. The summed E-state index contributed by atoms with van der Waals surface area (Å²) in [5.41, 5.74) is 0.930. The molecule has 0 aliphatic carbocycles. The van der Waals surface area contributed by atoms with E-state index < -0.39 is 0 Å². The van der Waals surface area contributed by atoms with Crippen LogP contribution in [0.25, 0.3) is 0 Å². The number of hydrogen-bond donors (Lipinski definition) is 1. The van der Waals surface area contributed by atoms with Gasteiger partial charge in [0.25, 0.3) is 0 Å². The lowest BCUT2D eigenvalue weighted by molar-refractivity contribution is -0.107. The van der Waals surface area contributed by atoms with Gasteiger partial charge in [-0.3, -0.25) is 0 Å². The molecule has 1 aromatic heterocycles. The lowest BCUT2D eigenvalue weighted by atomic mass is 9.95. The predicted molar refractivity (Wildman–Crippen MR) is 61.2 cm³/mol. The maximum atomic E-state index is 10.3. The molecule has 82 valence electrons. The summed E-state index contributed by atoms with van der Waals surface area (Å²) in [6.07, 6.45) is 4.97. The van der Waals surface area contributed by atoms with Gasteiger partial charge < -0.3 is 10.1 Å². The average Bonchev–Trinajstić information content (AvgIpc) is 2.68. The van der Waals surface area contributed by atoms with Crippen LogP contribution in [0, 0.1) is 5.92 Å². The molecule has 3 nitrogen and oxygen atoms in total. The van der Waals surface area contributed by atoms with Crippen molar-refractivity contribution in [2.24, 2.45) is 5.92 Å². The lowest BCUT2D eigenvalue weighted by Gasteiger charge is -2.21. The van der Waals surface area contributed by atoms with Crippen molar-refractivity contribution in [1.82, 2.24) is 10.3 Å². The number of rotatable bonds is 4. The molecule has 0 unspecified atom stereocenters. The minimum atomic E-state index is 0.461. The molecule has 1 aromatic rings. The SMILES string of the molecule is O=CCc1csc(CC2CCNCC2)n1. The summed E-state index contributed by atoms with van der Waals surface area (Å²) in [5.74, 6) is 0.779. The Balaban J connectivity index is 1.88. The van der Waals surface area contributed by atoms with Gasteiger partial charge in [0.15, 0.2) is 0 Å². The Labute approximate surface area is 93.9 Å². The van der Waals surface area contributed by atoms with Crippen LogP contribution in [0.3, 0.4) is 0 Å². The highest BCUT2D eigenvalue weighted by molar-refractivity contribution is 7.09. The van der Waals surface area contributed by atoms with Gasteiger partial charge in [-0.05, 0) is 31.8 Å². The molecule has 2 rings (SSSR count). The van der Waals surface area contributed by atoms with Gasteiger partial charge in [-0.2, -0.15) is 0 Å². The summed E-state index contributed by atoms with van der Waals surface area (Å²) in [4.78, 5) is 14.8. The molecule has 0 atom stereocenters. The Hall–Kier alpha value is -0.740. The van der Waals surface area contributed by atoms with Crippen LogP contribution in [-0.2, 0) is 17.6 Å². The normalized spacial score (nSPS) is 17.9. The van der Waals surface area contributed by atoms with Crippen molar-refractivity contribution in [2.75, 3.05) is 13.1 Å². The standard InChI is InChI=1S/C11H16N2OS/c14-6-3-10-8-15-11(13-10)7-9-1-4-12-5-2-9/h6,8-9,12H,1-5,7H2. The van der Waals surface area contributed by atoms with Crippen LogP contribution in [0.4, 0.5) is 0 Å². The van der Waals surface area contributed by atoms with E-state index in [1.165, 1.54) is 17.8 Å². The van der Waals surface area contributed by atoms with E-state index >= 15 is 0 Å². The third kappa shape index (κ3) is 3.11. The van der Waals surface area contributed by atoms with Crippen molar-refractivity contribution >= 4 is 17.6 Å². The fraction of sp³-hybridized carbons (Fsp3) is 0.636. The largest absolute Gasteiger partial charge is 0.317 e. The topological polar surface area (TPSA) is 42.0 Å². The fourth-order valence-electron chi connectivity index (χ4n) is 1.95. The highest BCUT2D eigenvalue weighted by atomic mass is 32.1. The van der Waals surface area contributed by atoms with Gasteiger partial charge in [-0.15, -0.1) is 11.3 Å². The highest BCUT2D eigenvalue weighted by Gasteiger charge is 2.15. The van der Waals surface area contributed by atoms with Gasteiger partial charge in [0.1, 0.15) is 6.29 Å². The molecule has 0 amide bonds. The molecule has 2 heterocycles. The van der Waals surface area contributed by atoms with Crippen molar-refractivity contribution in [3.63, 3.8) is 0 Å². The average molecular weight is 224 g/mol. The van der Waals surface area contributed by atoms with Crippen LogP contribution >= 0.6 is 11.3 Å². The van der Waals surface area contributed by atoms with Gasteiger partial charge in [0.2, 0.25) is 0 Å². The zero-order valence-corrected chi connectivity index (χ0v) is 9.55. The lowest BCUT2D eigenvalue weighted by Crippen LogP contribution is -2.28. The number of aromatic nitrogens is 1. The van der Waals surface area contributed by atoms with E-state index in [2.05, 4.69) is 10.3 Å². The summed E-state index contributed by atoms with van der Waals surface area (Å²) < 4.78 is 0. The summed E-state index contributed by atoms with van der Waals surface area (Å²) in [6.45, 7) is 2.27. The second-order valence-corrected chi connectivity index (χ2v) is 4.94. The van der Waals surface area contributed by atoms with Gasteiger partial charge >= 0.3 is 0 Å². The van der Waals surface area contributed by atoms with E-state index in [1.807, 2.05) is 5.38 Å². The van der Waals surface area contributed by atoms with Crippen molar-refractivity contribution in [3.05, 3.63) is 16.1 Å². The molecule has 1 N–H and O–H groups in total. The number of carbonyl (C=O) groups is 1. The number of aldehydes is 1. The van der Waals surface area contributed by atoms with Crippen LogP contribution in [0.15, 0.2) is 5.38 Å². The zero-order chi connectivity index (χ0) is 10.5. The molecule has 0 saturated carbocycles. The van der Waals surface area contributed by atoms with E-state index in [0.29, 0.717) is 6.42 Å². The zero-order valence-electron chi connectivity index (χ0n) is 8.74. The van der Waals surface area contributed by atoms with E-state index in [4.69, 9.17) is 0 Å². The first-order valence-electron chi connectivity index (χ1n) is 5.46. The molecule has 0 aromatic carbocycles. The first-order chi connectivity index (χ1) is 7.38. The molecule has 1 saturated heterocycles. The van der Waals surface area contributed by atoms with Crippen molar-refractivity contribution in [2.45, 2.75) is 25.7 Å². The van der Waals surface area contributed by atoms with E-state index in [9.17, 15) is 4.79 Å². The van der Waals surface area contributed by atoms with Crippen molar-refractivity contribution in [3.8, 4) is 0 Å². The maximum absolute atomic E-state index is 10.3. The Morgan fingerprint density at radius 2 is 2.33 bits per heavy atom. The number of thiazole rings is 1. The molecule has 1 aliphatic rings. The van der Waals surface area contributed by atoms with Crippen molar-refractivity contribution < 1.29 is 4.79 Å². The van der Waals surface area contributed by atoms with Gasteiger partial charge in [0.05, 0.1) is 10.7 Å². The number of piperidine rings is 1. The Bertz CT molecular complexity index is 318. The molecule has 1 aliphatic heterocycles. The molecular formula is C11H16N2OS. The summed E-state index contributed by atoms with van der Waals surface area (Å²) in [6, 6.07) is 0. The van der Waals surface area contributed by atoms with Crippen LogP contribution < -0.4 is 5.32 Å². The Morgan fingerprint density at radius 3 is 3.07 bits per heavy atom. The summed E-state index contributed by atoms with van der Waals surface area (Å²) in [5, 5.41) is 6.56. The van der Waals surface area contributed by atoms with Crippen molar-refractivity contribution in [1.29, 1.82) is 0 Å². The van der Waals surface area contributed by atoms with Gasteiger partial charge in [-0.25, -0.2) is 4.98 Å². The first kappa shape index (κ1) is 10.8. The third-order valence-electron chi connectivity index (χ3n) is 2.81. The third-order valence-corrected chi connectivity index (χ3v) is 3.73. The molecule has 15 heavy (non-hydrogen) atoms. The number of nitrogens with zero attached hydrogens (tertiary/aromatic N) is 1. The number of carbonyl (C=O) groups excluding carboxylic acids is 1. The Morgan fingerprint density at radius 1 is 1.53 bits per heavy atom. The first-order valence-corrected chi connectivity index (χ1v) is 6.34. The van der Waals surface area contributed by atoms with Crippen LogP contribution in [0.2, 0.25) is 0 Å². The van der Waals surface area contributed by atoms with E-state index in [-0.39, 0.29) is 0 Å². The minimum Gasteiger partial charge on any atom is -0.317 e. The smallest absolute Gasteiger partial charge is 0.125 e. The molecule has 4 heteroatoms. The number of nitrogens with one attached hydrogen (secondary N) is 1. The van der Waals surface area contributed by atoms with Crippen LogP contribution in [-0.4, -0.2) is 24.4 Å². The van der Waals surface area contributed by atoms with E-state index in [1.54, 1.807) is 11.3 Å². The quantitative estimate of drug-likeness (QED) is 0.787. The number of hydrogen-bond acceptors (Lipinski definition) is 4. The van der Waals surface area contributed by atoms with Gasteiger partial charge in [-0.1, -0.05) is 0 Å². The molecular weight excluding hydrogens is 208 g/mol. The molecule has 0 radical (unpaired) electrons. The molecule has 0 spiro atoms. The molecule has 0 bridgehead atoms. The minimum absolute atomic E-state index is 0.461. The second-order valence-electron chi connectivity index (χ2n) is 4.00. The summed E-state index contributed by atoms with van der Waals surface area (Å²) >= 11 is 1.69. The second kappa shape index (κ2) is 5.37. The Kier molecular flexibility index (Phi) is 3.86.